The Kier molecular flexibility index (Phi) is 2.02. The van der Waals surface area contributed by atoms with E-state index in [4.69, 9.17) is 5.73 Å². The lowest BCUT2D eigenvalue weighted by Crippen LogP contribution is -2.37. The van der Waals surface area contributed by atoms with E-state index >= 15 is 0 Å². The Morgan fingerprint density at radius 1 is 1.44 bits per heavy atom. The predicted molar refractivity (Wildman–Crippen MR) is 66.5 cm³/mol. The minimum atomic E-state index is 0.651. The van der Waals surface area contributed by atoms with Crippen molar-refractivity contribution in [3.63, 3.8) is 0 Å². The molecule has 0 aliphatic heterocycles. The highest BCUT2D eigenvalue weighted by atomic mass is 15.3. The molecule has 3 N–H and O–H groups in total. The van der Waals surface area contributed by atoms with E-state index in [0.29, 0.717) is 6.04 Å². The first-order chi connectivity index (χ1) is 7.74. The van der Waals surface area contributed by atoms with Gasteiger partial charge in [0.1, 0.15) is 0 Å². The average Bonchev–Trinajstić information content (AvgIpc) is 2.57. The maximum Gasteiger partial charge on any atom is 0.203 e. The first-order valence-corrected chi connectivity index (χ1v) is 5.72. The van der Waals surface area contributed by atoms with Crippen molar-refractivity contribution in [1.29, 1.82) is 0 Å². The molecule has 0 amide bonds. The third kappa shape index (κ3) is 1.41. The van der Waals surface area contributed by atoms with Gasteiger partial charge in [0.25, 0.3) is 0 Å². The molecule has 16 heavy (non-hydrogen) atoms. The van der Waals surface area contributed by atoms with Crippen LogP contribution in [-0.2, 0) is 0 Å². The molecule has 1 aromatic carbocycles. The highest BCUT2D eigenvalue weighted by Crippen LogP contribution is 2.28. The molecule has 4 heteroatoms. The van der Waals surface area contributed by atoms with Gasteiger partial charge in [-0.05, 0) is 37.5 Å². The number of nitrogens with one attached hydrogen (secondary N) is 1. The maximum absolute atomic E-state index is 5.74. The number of aromatic nitrogens is 2. The number of nitrogens with zero attached hydrogens (tertiary/aromatic N) is 2. The van der Waals surface area contributed by atoms with Crippen LogP contribution in [0, 0.1) is 0 Å². The lowest BCUT2D eigenvalue weighted by atomic mass is 9.92. The van der Waals surface area contributed by atoms with E-state index in [2.05, 4.69) is 21.9 Å². The van der Waals surface area contributed by atoms with Gasteiger partial charge in [-0.2, -0.15) is 0 Å². The van der Waals surface area contributed by atoms with E-state index in [-0.39, 0.29) is 0 Å². The van der Waals surface area contributed by atoms with Crippen molar-refractivity contribution in [2.45, 2.75) is 25.3 Å². The van der Waals surface area contributed by atoms with E-state index < -0.39 is 0 Å². The third-order valence-corrected chi connectivity index (χ3v) is 3.45. The number of rotatable bonds is 2. The molecule has 0 bridgehead atoms. The van der Waals surface area contributed by atoms with Crippen molar-refractivity contribution in [1.82, 2.24) is 9.97 Å². The molecule has 1 aliphatic carbocycles. The number of aromatic amines is 1. The molecule has 0 radical (unpaired) electrons. The monoisotopic (exact) mass is 216 g/mol. The molecule has 1 aromatic heterocycles. The van der Waals surface area contributed by atoms with Gasteiger partial charge in [0, 0.05) is 18.8 Å². The summed E-state index contributed by atoms with van der Waals surface area (Å²) in [5.74, 6) is 0.949. The zero-order valence-corrected chi connectivity index (χ0v) is 9.40. The van der Waals surface area contributed by atoms with E-state index in [1.54, 1.807) is 0 Å². The van der Waals surface area contributed by atoms with Gasteiger partial charge in [-0.25, -0.2) is 4.98 Å². The van der Waals surface area contributed by atoms with Crippen LogP contribution in [0.1, 0.15) is 19.3 Å². The van der Waals surface area contributed by atoms with Crippen LogP contribution in [0.4, 0.5) is 11.6 Å². The SMILES string of the molecule is CN(c1nc2ccc(N)cc2[nH]1)C1CCC1. The van der Waals surface area contributed by atoms with Crippen LogP contribution in [0.25, 0.3) is 11.0 Å². The highest BCUT2D eigenvalue weighted by molar-refractivity contribution is 5.80. The Morgan fingerprint density at radius 3 is 2.94 bits per heavy atom. The molecule has 0 saturated heterocycles. The van der Waals surface area contributed by atoms with Gasteiger partial charge >= 0.3 is 0 Å². The summed E-state index contributed by atoms with van der Waals surface area (Å²) in [5.41, 5.74) is 8.51. The number of hydrogen-bond donors (Lipinski definition) is 2. The van der Waals surface area contributed by atoms with Crippen molar-refractivity contribution >= 4 is 22.7 Å². The van der Waals surface area contributed by atoms with Crippen LogP contribution in [0.5, 0.6) is 0 Å². The topological polar surface area (TPSA) is 57.9 Å². The van der Waals surface area contributed by atoms with Gasteiger partial charge in [-0.3, -0.25) is 0 Å². The number of hydrogen-bond acceptors (Lipinski definition) is 3. The average molecular weight is 216 g/mol. The van der Waals surface area contributed by atoms with Gasteiger partial charge in [0.05, 0.1) is 11.0 Å². The number of fused-ring (bicyclic) bond motifs is 1. The summed E-state index contributed by atoms with van der Waals surface area (Å²) in [5, 5.41) is 0. The largest absolute Gasteiger partial charge is 0.399 e. The molecular weight excluding hydrogens is 200 g/mol. The fourth-order valence-electron chi connectivity index (χ4n) is 2.13. The molecule has 3 rings (SSSR count). The van der Waals surface area contributed by atoms with Gasteiger partial charge in [0.15, 0.2) is 0 Å². The summed E-state index contributed by atoms with van der Waals surface area (Å²) in [4.78, 5) is 10.1. The van der Waals surface area contributed by atoms with Gasteiger partial charge < -0.3 is 15.6 Å². The van der Waals surface area contributed by atoms with Crippen LogP contribution < -0.4 is 10.6 Å². The minimum absolute atomic E-state index is 0.651. The Bertz CT molecular complexity index is 513. The van der Waals surface area contributed by atoms with E-state index in [1.807, 2.05) is 18.2 Å². The third-order valence-electron chi connectivity index (χ3n) is 3.45. The molecule has 0 unspecified atom stereocenters. The fourth-order valence-corrected chi connectivity index (χ4v) is 2.13. The van der Waals surface area contributed by atoms with Crippen molar-refractivity contribution in [3.05, 3.63) is 18.2 Å². The number of benzene rings is 1. The molecule has 0 spiro atoms. The van der Waals surface area contributed by atoms with Crippen molar-refractivity contribution < 1.29 is 0 Å². The molecule has 84 valence electrons. The van der Waals surface area contributed by atoms with Crippen LogP contribution in [-0.4, -0.2) is 23.1 Å². The molecule has 1 aliphatic rings. The summed E-state index contributed by atoms with van der Waals surface area (Å²) >= 11 is 0. The van der Waals surface area contributed by atoms with Gasteiger partial charge in [-0.1, -0.05) is 0 Å². The minimum Gasteiger partial charge on any atom is -0.399 e. The quantitative estimate of drug-likeness (QED) is 0.756. The van der Waals surface area contributed by atoms with Crippen molar-refractivity contribution in [3.8, 4) is 0 Å². The Morgan fingerprint density at radius 2 is 2.25 bits per heavy atom. The zero-order chi connectivity index (χ0) is 11.1. The summed E-state index contributed by atoms with van der Waals surface area (Å²) in [6.45, 7) is 0. The molecule has 1 fully saturated rings. The molecule has 1 saturated carbocycles. The van der Waals surface area contributed by atoms with Crippen LogP contribution in [0.3, 0.4) is 0 Å². The second kappa shape index (κ2) is 3.40. The predicted octanol–water partition coefficient (Wildman–Crippen LogP) is 2.13. The summed E-state index contributed by atoms with van der Waals surface area (Å²) < 4.78 is 0. The van der Waals surface area contributed by atoms with E-state index in [9.17, 15) is 0 Å². The molecule has 0 atom stereocenters. The van der Waals surface area contributed by atoms with Gasteiger partial charge in [-0.15, -0.1) is 0 Å². The Labute approximate surface area is 94.5 Å². The lowest BCUT2D eigenvalue weighted by molar-refractivity contribution is 0.398. The van der Waals surface area contributed by atoms with Crippen molar-refractivity contribution in [2.75, 3.05) is 17.7 Å². The van der Waals surface area contributed by atoms with Crippen LogP contribution in [0.15, 0.2) is 18.2 Å². The second-order valence-corrected chi connectivity index (χ2v) is 4.53. The summed E-state index contributed by atoms with van der Waals surface area (Å²) in [7, 11) is 2.10. The lowest BCUT2D eigenvalue weighted by Gasteiger charge is -2.34. The normalized spacial score (nSPS) is 16.3. The summed E-state index contributed by atoms with van der Waals surface area (Å²) in [6, 6.07) is 6.42. The van der Waals surface area contributed by atoms with Crippen molar-refractivity contribution in [2.24, 2.45) is 0 Å². The highest BCUT2D eigenvalue weighted by Gasteiger charge is 2.23. The van der Waals surface area contributed by atoms with E-state index in [1.165, 1.54) is 19.3 Å². The Hall–Kier alpha value is -1.71. The first-order valence-electron chi connectivity index (χ1n) is 5.72. The van der Waals surface area contributed by atoms with Gasteiger partial charge in [0.2, 0.25) is 5.95 Å². The molecular formula is C12H16N4. The fraction of sp³-hybridized carbons (Fsp3) is 0.417. The van der Waals surface area contributed by atoms with Crippen LogP contribution in [0.2, 0.25) is 0 Å². The summed E-state index contributed by atoms with van der Waals surface area (Å²) in [6.07, 6.45) is 3.88. The number of H-pyrrole nitrogens is 1. The number of anilines is 2. The maximum atomic E-state index is 5.74. The van der Waals surface area contributed by atoms with E-state index in [0.717, 1.165) is 22.7 Å². The molecule has 4 nitrogen and oxygen atoms in total. The zero-order valence-electron chi connectivity index (χ0n) is 9.40. The number of nitrogen functional groups attached to an aromatic ring is 1. The standard InChI is InChI=1S/C12H16N4/c1-16(9-3-2-4-9)12-14-10-6-5-8(13)7-11(10)15-12/h5-7,9H,2-4,13H2,1H3,(H,14,15). The second-order valence-electron chi connectivity index (χ2n) is 4.53. The smallest absolute Gasteiger partial charge is 0.203 e. The molecule has 1 heterocycles. The first kappa shape index (κ1) is 9.51. The number of imidazole rings is 1. The van der Waals surface area contributed by atoms with Crippen LogP contribution >= 0.6 is 0 Å². The molecule has 2 aromatic rings. The Balaban J connectivity index is 1.97. The number of nitrogens with two attached hydrogens (primary N) is 1.